The maximum Gasteiger partial charge on any atom is 0.511 e. The summed E-state index contributed by atoms with van der Waals surface area (Å²) in [4.78, 5) is 14.9. The molecule has 6 nitrogen and oxygen atoms in total. The first kappa shape index (κ1) is 13.0. The standard InChI is InChI=1S/C14H9FN2O4/c1-7-6-10(20-14(18)19)11-12(17-21-13(11)16-7)8-2-4-9(15)5-3-8/h2-6H,1H3,(H,18,19). The number of hydrogen-bond acceptors (Lipinski definition) is 5. The predicted molar refractivity (Wildman–Crippen MR) is 70.6 cm³/mol. The molecule has 0 spiro atoms. The van der Waals surface area contributed by atoms with E-state index in [1.54, 1.807) is 6.92 Å². The molecule has 2 heterocycles. The molecule has 0 amide bonds. The van der Waals surface area contributed by atoms with E-state index >= 15 is 0 Å². The van der Waals surface area contributed by atoms with E-state index in [0.717, 1.165) is 0 Å². The minimum Gasteiger partial charge on any atom is -0.449 e. The Balaban J connectivity index is 2.24. The van der Waals surface area contributed by atoms with Crippen LogP contribution in [0.3, 0.4) is 0 Å². The van der Waals surface area contributed by atoms with Gasteiger partial charge in [0.25, 0.3) is 5.71 Å². The van der Waals surface area contributed by atoms with Gasteiger partial charge in [-0.25, -0.2) is 14.2 Å². The average molecular weight is 288 g/mol. The molecule has 0 bridgehead atoms. The fourth-order valence-corrected chi connectivity index (χ4v) is 2.01. The molecule has 3 rings (SSSR count). The van der Waals surface area contributed by atoms with Crippen LogP contribution in [-0.4, -0.2) is 21.4 Å². The minimum atomic E-state index is -1.45. The third-order valence-corrected chi connectivity index (χ3v) is 2.85. The lowest BCUT2D eigenvalue weighted by molar-refractivity contribution is 0.145. The van der Waals surface area contributed by atoms with Crippen molar-refractivity contribution in [3.05, 3.63) is 41.8 Å². The Kier molecular flexibility index (Phi) is 3.02. The van der Waals surface area contributed by atoms with E-state index in [4.69, 9.17) is 14.4 Å². The molecular weight excluding hydrogens is 279 g/mol. The van der Waals surface area contributed by atoms with Crippen LogP contribution in [0.2, 0.25) is 0 Å². The summed E-state index contributed by atoms with van der Waals surface area (Å²) in [5.41, 5.74) is 1.59. The number of ether oxygens (including phenoxy) is 1. The molecule has 0 aliphatic rings. The van der Waals surface area contributed by atoms with Gasteiger partial charge in [0, 0.05) is 17.3 Å². The number of carboxylic acid groups (broad SMARTS) is 1. The molecule has 0 aliphatic carbocycles. The Morgan fingerprint density at radius 3 is 2.71 bits per heavy atom. The molecule has 106 valence electrons. The van der Waals surface area contributed by atoms with Crippen molar-refractivity contribution in [1.82, 2.24) is 10.1 Å². The summed E-state index contributed by atoms with van der Waals surface area (Å²) in [5.74, 6) is -0.312. The summed E-state index contributed by atoms with van der Waals surface area (Å²) >= 11 is 0. The highest BCUT2D eigenvalue weighted by Gasteiger charge is 2.19. The predicted octanol–water partition coefficient (Wildman–Crippen LogP) is 3.39. The number of fused-ring (bicyclic) bond motifs is 1. The Bertz CT molecular complexity index is 827. The molecule has 0 saturated carbocycles. The molecule has 0 unspecified atom stereocenters. The molecule has 2 aromatic heterocycles. The highest BCUT2D eigenvalue weighted by Crippen LogP contribution is 2.34. The molecule has 1 aromatic carbocycles. The third kappa shape index (κ3) is 2.40. The number of benzene rings is 1. The van der Waals surface area contributed by atoms with Crippen LogP contribution in [-0.2, 0) is 0 Å². The van der Waals surface area contributed by atoms with Crippen LogP contribution in [0.4, 0.5) is 9.18 Å². The highest BCUT2D eigenvalue weighted by atomic mass is 19.1. The largest absolute Gasteiger partial charge is 0.511 e. The van der Waals surface area contributed by atoms with Gasteiger partial charge in [-0.05, 0) is 31.2 Å². The number of halogens is 1. The SMILES string of the molecule is Cc1cc(OC(=O)O)c2c(-c3ccc(F)cc3)noc2n1. The van der Waals surface area contributed by atoms with Gasteiger partial charge in [-0.3, -0.25) is 0 Å². The molecule has 3 aromatic rings. The van der Waals surface area contributed by atoms with Gasteiger partial charge in [0.15, 0.2) is 5.75 Å². The van der Waals surface area contributed by atoms with Crippen LogP contribution >= 0.6 is 0 Å². The lowest BCUT2D eigenvalue weighted by atomic mass is 10.1. The number of aryl methyl sites for hydroxylation is 1. The quantitative estimate of drug-likeness (QED) is 0.727. The number of pyridine rings is 1. The van der Waals surface area contributed by atoms with Gasteiger partial charge in [-0.15, -0.1) is 0 Å². The Morgan fingerprint density at radius 2 is 2.05 bits per heavy atom. The van der Waals surface area contributed by atoms with Crippen LogP contribution in [0, 0.1) is 12.7 Å². The van der Waals surface area contributed by atoms with Crippen molar-refractivity contribution in [2.45, 2.75) is 6.92 Å². The number of aromatic nitrogens is 2. The Labute approximate surface area is 117 Å². The minimum absolute atomic E-state index is 0.0746. The van der Waals surface area contributed by atoms with Crippen molar-refractivity contribution in [2.24, 2.45) is 0 Å². The van der Waals surface area contributed by atoms with Gasteiger partial charge in [-0.1, -0.05) is 5.16 Å². The molecule has 0 atom stereocenters. The van der Waals surface area contributed by atoms with Crippen LogP contribution < -0.4 is 4.74 Å². The maximum absolute atomic E-state index is 13.0. The fourth-order valence-electron chi connectivity index (χ4n) is 2.01. The lowest BCUT2D eigenvalue weighted by Gasteiger charge is -2.03. The second-order valence-corrected chi connectivity index (χ2v) is 4.35. The summed E-state index contributed by atoms with van der Waals surface area (Å²) in [6.45, 7) is 1.67. The van der Waals surface area contributed by atoms with E-state index in [1.165, 1.54) is 30.3 Å². The van der Waals surface area contributed by atoms with E-state index in [-0.39, 0.29) is 17.3 Å². The summed E-state index contributed by atoms with van der Waals surface area (Å²) in [7, 11) is 0. The number of hydrogen-bond donors (Lipinski definition) is 1. The van der Waals surface area contributed by atoms with Crippen molar-refractivity contribution < 1.29 is 23.6 Å². The molecule has 7 heteroatoms. The Morgan fingerprint density at radius 1 is 1.33 bits per heavy atom. The zero-order valence-corrected chi connectivity index (χ0v) is 10.8. The molecule has 21 heavy (non-hydrogen) atoms. The molecular formula is C14H9FN2O4. The summed E-state index contributed by atoms with van der Waals surface area (Å²) in [6.07, 6.45) is -1.45. The lowest BCUT2D eigenvalue weighted by Crippen LogP contribution is -2.04. The first-order valence-electron chi connectivity index (χ1n) is 5.98. The van der Waals surface area contributed by atoms with Gasteiger partial charge < -0.3 is 14.4 Å². The van der Waals surface area contributed by atoms with Gasteiger partial charge in [0.1, 0.15) is 16.9 Å². The van der Waals surface area contributed by atoms with Crippen LogP contribution in [0.25, 0.3) is 22.4 Å². The van der Waals surface area contributed by atoms with Gasteiger partial charge in [0.2, 0.25) is 0 Å². The van der Waals surface area contributed by atoms with Crippen LogP contribution in [0.15, 0.2) is 34.9 Å². The fraction of sp³-hybridized carbons (Fsp3) is 0.0714. The van der Waals surface area contributed by atoms with Gasteiger partial charge in [0.05, 0.1) is 0 Å². The first-order chi connectivity index (χ1) is 10.0. The van der Waals surface area contributed by atoms with E-state index in [9.17, 15) is 9.18 Å². The van der Waals surface area contributed by atoms with Crippen molar-refractivity contribution in [2.75, 3.05) is 0 Å². The zero-order chi connectivity index (χ0) is 15.0. The van der Waals surface area contributed by atoms with Crippen molar-refractivity contribution in [3.63, 3.8) is 0 Å². The van der Waals surface area contributed by atoms with E-state index in [2.05, 4.69) is 10.1 Å². The maximum atomic E-state index is 13.0. The van der Waals surface area contributed by atoms with E-state index in [1.807, 2.05) is 0 Å². The van der Waals surface area contributed by atoms with E-state index < -0.39 is 6.16 Å². The third-order valence-electron chi connectivity index (χ3n) is 2.85. The molecule has 0 saturated heterocycles. The van der Waals surface area contributed by atoms with Crippen LogP contribution in [0.1, 0.15) is 5.69 Å². The second-order valence-electron chi connectivity index (χ2n) is 4.35. The monoisotopic (exact) mass is 288 g/mol. The van der Waals surface area contributed by atoms with Crippen molar-refractivity contribution in [1.29, 1.82) is 0 Å². The number of nitrogens with zero attached hydrogens (tertiary/aromatic N) is 2. The number of carbonyl (C=O) groups is 1. The summed E-state index contributed by atoms with van der Waals surface area (Å²) < 4.78 is 22.9. The topological polar surface area (TPSA) is 85.5 Å². The second kappa shape index (κ2) is 4.86. The van der Waals surface area contributed by atoms with Crippen molar-refractivity contribution in [3.8, 4) is 17.0 Å². The smallest absolute Gasteiger partial charge is 0.449 e. The van der Waals surface area contributed by atoms with Gasteiger partial charge in [-0.2, -0.15) is 0 Å². The van der Waals surface area contributed by atoms with Crippen LogP contribution in [0.5, 0.6) is 5.75 Å². The average Bonchev–Trinajstić information content (AvgIpc) is 2.82. The highest BCUT2D eigenvalue weighted by molar-refractivity contribution is 5.95. The van der Waals surface area contributed by atoms with Gasteiger partial charge >= 0.3 is 6.16 Å². The summed E-state index contributed by atoms with van der Waals surface area (Å²) in [6, 6.07) is 7.04. The number of rotatable bonds is 2. The molecule has 0 fully saturated rings. The first-order valence-corrected chi connectivity index (χ1v) is 5.98. The zero-order valence-electron chi connectivity index (χ0n) is 10.8. The normalized spacial score (nSPS) is 10.8. The molecule has 0 aliphatic heterocycles. The Hall–Kier alpha value is -2.96. The van der Waals surface area contributed by atoms with Crippen molar-refractivity contribution >= 4 is 17.3 Å². The molecule has 1 N–H and O–H groups in total. The van der Waals surface area contributed by atoms with E-state index in [0.29, 0.717) is 22.3 Å². The summed E-state index contributed by atoms with van der Waals surface area (Å²) in [5, 5.41) is 13.0. The molecule has 0 radical (unpaired) electrons.